The molecule has 0 aliphatic rings. The largest absolute Gasteiger partial charge is 0.204 e. The van der Waals surface area contributed by atoms with E-state index in [9.17, 15) is 13.2 Å². The van der Waals surface area contributed by atoms with Crippen molar-refractivity contribution in [1.82, 2.24) is 20.2 Å². The number of aromatic nitrogens is 4. The Bertz CT molecular complexity index is 528. The molecule has 1 aromatic carbocycles. The molecule has 0 saturated carbocycles. The molecule has 0 bridgehead atoms. The van der Waals surface area contributed by atoms with E-state index in [1.54, 1.807) is 0 Å². The highest BCUT2D eigenvalue weighted by Crippen LogP contribution is 2.18. The summed E-state index contributed by atoms with van der Waals surface area (Å²) in [6.07, 6.45) is 0. The zero-order chi connectivity index (χ0) is 11.7. The van der Waals surface area contributed by atoms with Crippen molar-refractivity contribution in [3.8, 4) is 5.69 Å². The zero-order valence-electron chi connectivity index (χ0n) is 7.66. The maximum Gasteiger partial charge on any atom is 0.171 e. The second kappa shape index (κ2) is 4.09. The molecule has 1 heterocycles. The fourth-order valence-corrected chi connectivity index (χ4v) is 1.32. The Morgan fingerprint density at radius 3 is 2.50 bits per heavy atom. The van der Waals surface area contributed by atoms with Crippen LogP contribution in [-0.4, -0.2) is 20.2 Å². The van der Waals surface area contributed by atoms with Gasteiger partial charge in [0.2, 0.25) is 0 Å². The fraction of sp³-hybridized carbons (Fsp3) is 0.125. The molecule has 0 amide bonds. The van der Waals surface area contributed by atoms with Gasteiger partial charge in [-0.3, -0.25) is 0 Å². The highest BCUT2D eigenvalue weighted by atomic mass is 35.5. The summed E-state index contributed by atoms with van der Waals surface area (Å²) >= 11 is 5.49. The van der Waals surface area contributed by atoms with Gasteiger partial charge < -0.3 is 0 Å². The second-order valence-corrected chi connectivity index (χ2v) is 3.13. The van der Waals surface area contributed by atoms with Crippen LogP contribution in [-0.2, 0) is 5.88 Å². The monoisotopic (exact) mass is 248 g/mol. The number of tetrazole rings is 1. The van der Waals surface area contributed by atoms with E-state index in [-0.39, 0.29) is 17.4 Å². The number of halogens is 4. The minimum atomic E-state index is -1.28. The van der Waals surface area contributed by atoms with Crippen molar-refractivity contribution < 1.29 is 13.2 Å². The van der Waals surface area contributed by atoms with E-state index >= 15 is 0 Å². The minimum absolute atomic E-state index is 0.0779. The molecule has 16 heavy (non-hydrogen) atoms. The first-order valence-corrected chi connectivity index (χ1v) is 4.65. The smallest absolute Gasteiger partial charge is 0.171 e. The molecule has 0 aliphatic heterocycles. The molecule has 84 valence electrons. The van der Waals surface area contributed by atoms with Crippen molar-refractivity contribution in [1.29, 1.82) is 0 Å². The predicted molar refractivity (Wildman–Crippen MR) is 48.6 cm³/mol. The van der Waals surface area contributed by atoms with Crippen molar-refractivity contribution in [2.45, 2.75) is 5.88 Å². The lowest BCUT2D eigenvalue weighted by molar-refractivity contribution is 0.490. The van der Waals surface area contributed by atoms with E-state index in [1.807, 2.05) is 0 Å². The van der Waals surface area contributed by atoms with Crippen molar-refractivity contribution in [3.05, 3.63) is 35.4 Å². The minimum Gasteiger partial charge on any atom is -0.204 e. The van der Waals surface area contributed by atoms with Gasteiger partial charge in [0.15, 0.2) is 23.3 Å². The van der Waals surface area contributed by atoms with Gasteiger partial charge in [-0.1, -0.05) is 0 Å². The summed E-state index contributed by atoms with van der Waals surface area (Å²) in [6.45, 7) is 0. The molecule has 0 N–H and O–H groups in total. The fourth-order valence-electron chi connectivity index (χ4n) is 1.15. The van der Waals surface area contributed by atoms with Gasteiger partial charge in [-0.2, -0.15) is 4.68 Å². The van der Waals surface area contributed by atoms with Crippen LogP contribution in [0, 0.1) is 17.5 Å². The molecule has 2 rings (SSSR count). The van der Waals surface area contributed by atoms with Crippen molar-refractivity contribution in [2.24, 2.45) is 0 Å². The molecule has 0 fully saturated rings. The van der Waals surface area contributed by atoms with Crippen LogP contribution in [0.25, 0.3) is 5.69 Å². The van der Waals surface area contributed by atoms with Crippen LogP contribution in [0.1, 0.15) is 5.82 Å². The Hall–Kier alpha value is -1.63. The quantitative estimate of drug-likeness (QED) is 0.601. The van der Waals surface area contributed by atoms with Crippen LogP contribution in [0.2, 0.25) is 0 Å². The number of alkyl halides is 1. The third-order valence-corrected chi connectivity index (χ3v) is 2.11. The Kier molecular flexibility index (Phi) is 2.78. The molecular formula is C8H4ClF3N4. The zero-order valence-corrected chi connectivity index (χ0v) is 8.42. The SMILES string of the molecule is Fc1cc(F)c(-n2nnnc2CCl)cc1F. The van der Waals surface area contributed by atoms with Gasteiger partial charge in [-0.05, 0) is 10.4 Å². The molecular weight excluding hydrogens is 245 g/mol. The summed E-state index contributed by atoms with van der Waals surface area (Å²) in [5, 5.41) is 10.2. The Balaban J connectivity index is 2.60. The molecule has 0 saturated heterocycles. The first-order valence-electron chi connectivity index (χ1n) is 4.11. The molecule has 0 unspecified atom stereocenters. The summed E-state index contributed by atoms with van der Waals surface area (Å²) in [5.74, 6) is -3.39. The first kappa shape index (κ1) is 10.9. The van der Waals surface area contributed by atoms with Crippen LogP contribution in [0.3, 0.4) is 0 Å². The van der Waals surface area contributed by atoms with E-state index in [1.165, 1.54) is 0 Å². The third-order valence-electron chi connectivity index (χ3n) is 1.87. The van der Waals surface area contributed by atoms with Gasteiger partial charge in [0, 0.05) is 12.1 Å². The molecule has 8 heteroatoms. The topological polar surface area (TPSA) is 43.6 Å². The summed E-state index contributed by atoms with van der Waals surface area (Å²) in [7, 11) is 0. The lowest BCUT2D eigenvalue weighted by Crippen LogP contribution is -2.05. The lowest BCUT2D eigenvalue weighted by Gasteiger charge is -2.04. The van der Waals surface area contributed by atoms with Gasteiger partial charge in [0.05, 0.1) is 5.88 Å². The van der Waals surface area contributed by atoms with E-state index < -0.39 is 17.5 Å². The number of hydrogen-bond acceptors (Lipinski definition) is 3. The van der Waals surface area contributed by atoms with Gasteiger partial charge in [-0.15, -0.1) is 16.7 Å². The maximum absolute atomic E-state index is 13.3. The average Bonchev–Trinajstić information content (AvgIpc) is 2.71. The highest BCUT2D eigenvalue weighted by Gasteiger charge is 2.15. The lowest BCUT2D eigenvalue weighted by atomic mass is 10.3. The predicted octanol–water partition coefficient (Wildman–Crippen LogP) is 1.82. The molecule has 0 aliphatic carbocycles. The number of hydrogen-bond donors (Lipinski definition) is 0. The Labute approximate surface area is 92.6 Å². The normalized spacial score (nSPS) is 10.8. The average molecular weight is 249 g/mol. The number of benzene rings is 1. The highest BCUT2D eigenvalue weighted by molar-refractivity contribution is 6.16. The van der Waals surface area contributed by atoms with Crippen LogP contribution in [0.4, 0.5) is 13.2 Å². The standard InChI is InChI=1S/C8H4ClF3N4/c9-3-8-13-14-15-16(8)7-2-5(11)4(10)1-6(7)12/h1-2H,3H2. The molecule has 2 aromatic rings. The maximum atomic E-state index is 13.3. The Morgan fingerprint density at radius 1 is 1.12 bits per heavy atom. The summed E-state index contributed by atoms with van der Waals surface area (Å²) in [6, 6.07) is 1.08. The third kappa shape index (κ3) is 1.73. The number of nitrogens with zero attached hydrogens (tertiary/aromatic N) is 4. The second-order valence-electron chi connectivity index (χ2n) is 2.86. The molecule has 0 radical (unpaired) electrons. The van der Waals surface area contributed by atoms with Crippen LogP contribution in [0.15, 0.2) is 12.1 Å². The van der Waals surface area contributed by atoms with Crippen molar-refractivity contribution >= 4 is 11.6 Å². The van der Waals surface area contributed by atoms with Gasteiger partial charge >= 0.3 is 0 Å². The first-order chi connectivity index (χ1) is 7.63. The van der Waals surface area contributed by atoms with Crippen molar-refractivity contribution in [3.63, 3.8) is 0 Å². The summed E-state index contributed by atoms with van der Waals surface area (Å²) in [4.78, 5) is 0. The molecule has 0 spiro atoms. The molecule has 1 aromatic heterocycles. The Morgan fingerprint density at radius 2 is 1.81 bits per heavy atom. The van der Waals surface area contributed by atoms with Gasteiger partial charge in [-0.25, -0.2) is 13.2 Å². The van der Waals surface area contributed by atoms with Gasteiger partial charge in [0.25, 0.3) is 0 Å². The summed E-state index contributed by atoms with van der Waals surface area (Å²) < 4.78 is 39.9. The van der Waals surface area contributed by atoms with Crippen LogP contribution < -0.4 is 0 Å². The van der Waals surface area contributed by atoms with E-state index in [0.717, 1.165) is 4.68 Å². The van der Waals surface area contributed by atoms with Crippen molar-refractivity contribution in [2.75, 3.05) is 0 Å². The molecule has 0 atom stereocenters. The van der Waals surface area contributed by atoms with E-state index in [2.05, 4.69) is 15.5 Å². The number of rotatable bonds is 2. The van der Waals surface area contributed by atoms with Crippen LogP contribution in [0.5, 0.6) is 0 Å². The van der Waals surface area contributed by atoms with E-state index in [4.69, 9.17) is 11.6 Å². The van der Waals surface area contributed by atoms with E-state index in [0.29, 0.717) is 12.1 Å². The molecule has 4 nitrogen and oxygen atoms in total. The van der Waals surface area contributed by atoms with Gasteiger partial charge in [0.1, 0.15) is 5.69 Å². The van der Waals surface area contributed by atoms with Crippen LogP contribution >= 0.6 is 11.6 Å². The summed E-state index contributed by atoms with van der Waals surface area (Å²) in [5.41, 5.74) is -0.292.